The highest BCUT2D eigenvalue weighted by Gasteiger charge is 2.84. The van der Waals surface area contributed by atoms with Crippen LogP contribution >= 0.6 is 0 Å². The van der Waals surface area contributed by atoms with Crippen molar-refractivity contribution in [1.82, 2.24) is 4.98 Å². The van der Waals surface area contributed by atoms with Crippen LogP contribution < -0.4 is 0 Å². The molecule has 1 spiro atoms. The van der Waals surface area contributed by atoms with E-state index in [4.69, 9.17) is 28.4 Å². The monoisotopic (exact) mass is 741 g/mol. The third-order valence-corrected chi connectivity index (χ3v) is 11.5. The predicted octanol–water partition coefficient (Wildman–Crippen LogP) is 6.17. The molecule has 2 saturated carbocycles. The molecule has 2 aromatic carbocycles. The first-order valence-corrected chi connectivity index (χ1v) is 18.4. The summed E-state index contributed by atoms with van der Waals surface area (Å²) in [6.45, 7) is 12.0. The summed E-state index contributed by atoms with van der Waals surface area (Å²) >= 11 is 0. The van der Waals surface area contributed by atoms with Gasteiger partial charge in [0, 0.05) is 19.3 Å². The van der Waals surface area contributed by atoms with E-state index in [1.807, 2.05) is 13.8 Å². The highest BCUT2D eigenvalue weighted by molar-refractivity contribution is 5.91. The number of ether oxygens (including phenoxy) is 6. The Bertz CT molecular complexity index is 1870. The Kier molecular flexibility index (Phi) is 10.7. The molecule has 2 heterocycles. The highest BCUT2D eigenvalue weighted by atomic mass is 16.6. The number of hydrogen-bond donors (Lipinski definition) is 0. The van der Waals surface area contributed by atoms with E-state index in [-0.39, 0.29) is 23.1 Å². The zero-order chi connectivity index (χ0) is 39.0. The normalized spacial score (nSPS) is 31.2. The summed E-state index contributed by atoms with van der Waals surface area (Å²) in [4.78, 5) is 73.0. The Balaban J connectivity index is 1.60. The van der Waals surface area contributed by atoms with Gasteiger partial charge in [0.25, 0.3) is 0 Å². The van der Waals surface area contributed by atoms with Crippen molar-refractivity contribution in [1.29, 1.82) is 0 Å². The van der Waals surface area contributed by atoms with Gasteiger partial charge in [0.2, 0.25) is 0 Å². The number of pyridine rings is 1. The molecule has 3 aliphatic rings. The summed E-state index contributed by atoms with van der Waals surface area (Å²) in [6.07, 6.45) is -2.91. The maximum absolute atomic E-state index is 14.2. The van der Waals surface area contributed by atoms with Crippen LogP contribution in [0, 0.1) is 23.2 Å². The van der Waals surface area contributed by atoms with E-state index in [1.54, 1.807) is 94.4 Å². The molecular weight excluding hydrogens is 694 g/mol. The third kappa shape index (κ3) is 6.65. The van der Waals surface area contributed by atoms with E-state index < -0.39 is 94.7 Å². The van der Waals surface area contributed by atoms with Gasteiger partial charge < -0.3 is 28.4 Å². The summed E-state index contributed by atoms with van der Waals surface area (Å²) in [5.41, 5.74) is -3.81. The molecule has 1 aromatic heterocycles. The molecule has 12 heteroatoms. The first-order valence-electron chi connectivity index (χ1n) is 18.4. The molecule has 286 valence electrons. The van der Waals surface area contributed by atoms with E-state index in [9.17, 15) is 24.0 Å². The fraction of sp³-hybridized carbons (Fsp3) is 0.476. The summed E-state index contributed by atoms with van der Waals surface area (Å²) in [7, 11) is 0. The lowest BCUT2D eigenvalue weighted by atomic mass is 9.47. The van der Waals surface area contributed by atoms with E-state index in [0.717, 1.165) is 0 Å². The number of aromatic nitrogens is 1. The number of carbonyl (C=O) groups is 5. The summed E-state index contributed by atoms with van der Waals surface area (Å²) in [5, 5.41) is 0. The molecule has 0 amide bonds. The molecule has 1 saturated heterocycles. The number of nitrogens with zero attached hydrogens (tertiary/aromatic N) is 1. The Labute approximate surface area is 314 Å². The van der Waals surface area contributed by atoms with Gasteiger partial charge in [-0.2, -0.15) is 0 Å². The van der Waals surface area contributed by atoms with Crippen molar-refractivity contribution in [2.75, 3.05) is 0 Å². The van der Waals surface area contributed by atoms with E-state index >= 15 is 0 Å². The van der Waals surface area contributed by atoms with Gasteiger partial charge in [0.1, 0.15) is 23.9 Å². The molecule has 6 rings (SSSR count). The Morgan fingerprint density at radius 1 is 0.759 bits per heavy atom. The number of benzene rings is 2. The maximum Gasteiger partial charge on any atom is 0.340 e. The SMILES string of the molecule is CC[C@@H](C)C(=O)O[C@@H]1[C@@H]2[C@@H](OC(C)=O)[C@]3(OC2(C)C)[C@H](C)C[C@H](OC(=O)c2ccccc2)[C@H](OC(=O)c2cccnc2)[C@@]3(C)[C@@H]1OC(=O)c1ccccc1. The van der Waals surface area contributed by atoms with Crippen LogP contribution in [0.4, 0.5) is 0 Å². The Morgan fingerprint density at radius 3 is 1.87 bits per heavy atom. The van der Waals surface area contributed by atoms with Gasteiger partial charge in [0.05, 0.1) is 39.5 Å². The zero-order valence-corrected chi connectivity index (χ0v) is 31.6. The number of hydrogen-bond acceptors (Lipinski definition) is 12. The summed E-state index contributed by atoms with van der Waals surface area (Å²) in [6, 6.07) is 19.8. The lowest BCUT2D eigenvalue weighted by Crippen LogP contribution is -2.79. The predicted molar refractivity (Wildman–Crippen MR) is 193 cm³/mol. The van der Waals surface area contributed by atoms with E-state index in [0.29, 0.717) is 6.42 Å². The van der Waals surface area contributed by atoms with Crippen LogP contribution in [0.25, 0.3) is 0 Å². The minimum absolute atomic E-state index is 0.0936. The standard InChI is InChI=1S/C42H47NO11/c1-8-24(2)36(45)51-32-31-34(49-26(4)44)42(54-40(31,5)6)25(3)22-30(50-37(46)27-16-11-9-12-17-27)33(52-39(48)29-20-15-21-43-23-29)41(42,7)35(32)53-38(47)28-18-13-10-14-19-28/h9-21,23-25,30-35H,8,22H2,1-7H3/t24-,25-,30+,31-,32-,33+,34-,35-,41+,42-/m1/s1. The smallest absolute Gasteiger partial charge is 0.340 e. The van der Waals surface area contributed by atoms with Gasteiger partial charge in [-0.05, 0) is 75.9 Å². The van der Waals surface area contributed by atoms with Gasteiger partial charge >= 0.3 is 29.8 Å². The van der Waals surface area contributed by atoms with Crippen molar-refractivity contribution in [3.05, 3.63) is 102 Å². The van der Waals surface area contributed by atoms with E-state index in [2.05, 4.69) is 4.98 Å². The fourth-order valence-corrected chi connectivity index (χ4v) is 8.85. The summed E-state index contributed by atoms with van der Waals surface area (Å²) in [5.74, 6) is -5.37. The van der Waals surface area contributed by atoms with Crippen molar-refractivity contribution in [3.63, 3.8) is 0 Å². The molecule has 0 N–H and O–H groups in total. The van der Waals surface area contributed by atoms with Crippen LogP contribution in [0.15, 0.2) is 85.2 Å². The Hall–Kier alpha value is -5.10. The summed E-state index contributed by atoms with van der Waals surface area (Å²) < 4.78 is 39.0. The van der Waals surface area contributed by atoms with Crippen LogP contribution in [-0.4, -0.2) is 76.6 Å². The van der Waals surface area contributed by atoms with Crippen molar-refractivity contribution in [2.24, 2.45) is 23.2 Å². The van der Waals surface area contributed by atoms with Crippen LogP contribution in [0.2, 0.25) is 0 Å². The second-order valence-electron chi connectivity index (χ2n) is 15.3. The van der Waals surface area contributed by atoms with Gasteiger partial charge in [0.15, 0.2) is 12.2 Å². The second-order valence-corrected chi connectivity index (χ2v) is 15.3. The minimum atomic E-state index is -1.71. The van der Waals surface area contributed by atoms with Gasteiger partial charge in [-0.15, -0.1) is 0 Å². The first-order chi connectivity index (χ1) is 25.6. The lowest BCUT2D eigenvalue weighted by Gasteiger charge is -2.63. The molecule has 10 atom stereocenters. The topological polar surface area (TPSA) is 154 Å². The second kappa shape index (κ2) is 15.0. The van der Waals surface area contributed by atoms with Crippen LogP contribution in [0.3, 0.4) is 0 Å². The molecule has 3 aromatic rings. The molecule has 0 unspecified atom stereocenters. The van der Waals surface area contributed by atoms with Crippen molar-refractivity contribution in [3.8, 4) is 0 Å². The van der Waals surface area contributed by atoms with Gasteiger partial charge in [-0.25, -0.2) is 14.4 Å². The van der Waals surface area contributed by atoms with Crippen LogP contribution in [-0.2, 0) is 38.0 Å². The van der Waals surface area contributed by atoms with E-state index in [1.165, 1.54) is 25.4 Å². The molecule has 1 aliphatic heterocycles. The molecule has 2 bridgehead atoms. The molecule has 54 heavy (non-hydrogen) atoms. The molecule has 2 aliphatic carbocycles. The van der Waals surface area contributed by atoms with Gasteiger partial charge in [-0.3, -0.25) is 14.6 Å². The molecule has 12 nitrogen and oxygen atoms in total. The van der Waals surface area contributed by atoms with Crippen molar-refractivity contribution in [2.45, 2.75) is 103 Å². The molecule has 0 radical (unpaired) electrons. The Morgan fingerprint density at radius 2 is 1.31 bits per heavy atom. The zero-order valence-electron chi connectivity index (χ0n) is 31.6. The van der Waals surface area contributed by atoms with Crippen LogP contribution in [0.1, 0.15) is 92.4 Å². The molecule has 3 fully saturated rings. The average Bonchev–Trinajstić information content (AvgIpc) is 3.36. The first kappa shape index (κ1) is 38.6. The van der Waals surface area contributed by atoms with Gasteiger partial charge in [-0.1, -0.05) is 57.2 Å². The lowest BCUT2D eigenvalue weighted by molar-refractivity contribution is -0.311. The third-order valence-electron chi connectivity index (χ3n) is 11.5. The largest absolute Gasteiger partial charge is 0.459 e. The van der Waals surface area contributed by atoms with Crippen molar-refractivity contribution < 1.29 is 52.4 Å². The number of rotatable bonds is 10. The van der Waals surface area contributed by atoms with Crippen molar-refractivity contribution >= 4 is 29.8 Å². The quantitative estimate of drug-likeness (QED) is 0.172. The number of esters is 5. The maximum atomic E-state index is 14.2. The van der Waals surface area contributed by atoms with Crippen LogP contribution in [0.5, 0.6) is 0 Å². The minimum Gasteiger partial charge on any atom is -0.459 e. The fourth-order valence-electron chi connectivity index (χ4n) is 8.85. The number of carbonyl (C=O) groups excluding carboxylic acids is 5. The average molecular weight is 742 g/mol. The number of fused-ring (bicyclic) bond motifs is 1. The molecular formula is C42H47NO11. The highest BCUT2D eigenvalue weighted by Crippen LogP contribution is 2.68.